The van der Waals surface area contributed by atoms with Crippen LogP contribution in [0.3, 0.4) is 0 Å². The van der Waals surface area contributed by atoms with Gasteiger partial charge in [-0.2, -0.15) is 0 Å². The zero-order valence-electron chi connectivity index (χ0n) is 11.2. The zero-order valence-corrected chi connectivity index (χ0v) is 13.6. The Labute approximate surface area is 123 Å². The molecule has 1 aromatic rings. The normalized spacial score (nSPS) is 19.2. The van der Waals surface area contributed by atoms with Crippen molar-refractivity contribution in [3.05, 3.63) is 33.8 Å². The molecule has 2 rings (SSSR count). The number of halogens is 1. The molecule has 1 aliphatic rings. The van der Waals surface area contributed by atoms with Crippen LogP contribution in [-0.2, 0) is 16.3 Å². The molecule has 0 fully saturated rings. The summed E-state index contributed by atoms with van der Waals surface area (Å²) in [4.78, 5) is 0. The summed E-state index contributed by atoms with van der Waals surface area (Å²) in [5.74, 6) is 0.449. The highest BCUT2D eigenvalue weighted by atomic mass is 79.9. The molecule has 1 aromatic carbocycles. The van der Waals surface area contributed by atoms with Gasteiger partial charge in [-0.1, -0.05) is 28.9 Å². The topological polar surface area (TPSA) is 46.2 Å². The van der Waals surface area contributed by atoms with Gasteiger partial charge in [0.05, 0.1) is 5.75 Å². The van der Waals surface area contributed by atoms with Crippen molar-refractivity contribution in [3.8, 4) is 0 Å². The van der Waals surface area contributed by atoms with Crippen molar-refractivity contribution in [1.29, 1.82) is 0 Å². The predicted molar refractivity (Wildman–Crippen MR) is 82.2 cm³/mol. The van der Waals surface area contributed by atoms with Crippen LogP contribution in [0.2, 0.25) is 0 Å². The predicted octanol–water partition coefficient (Wildman–Crippen LogP) is 2.85. The van der Waals surface area contributed by atoms with Crippen LogP contribution in [0.25, 0.3) is 0 Å². The molecule has 3 nitrogen and oxygen atoms in total. The van der Waals surface area contributed by atoms with Crippen LogP contribution in [0.15, 0.2) is 22.7 Å². The molecule has 19 heavy (non-hydrogen) atoms. The van der Waals surface area contributed by atoms with Crippen LogP contribution in [0.4, 0.5) is 0 Å². The smallest absolute Gasteiger partial charge is 0.151 e. The minimum absolute atomic E-state index is 0.224. The fourth-order valence-electron chi connectivity index (χ4n) is 2.51. The molecule has 1 atom stereocenters. The Morgan fingerprint density at radius 1 is 1.42 bits per heavy atom. The molecule has 0 aliphatic heterocycles. The summed E-state index contributed by atoms with van der Waals surface area (Å²) in [5.41, 5.74) is 2.69. The number of rotatable bonds is 5. The SMILES string of the molecule is CCS(=O)(=O)CCN[C@H]1CCCc2ccc(Br)cc21. The van der Waals surface area contributed by atoms with E-state index in [4.69, 9.17) is 0 Å². The quantitative estimate of drug-likeness (QED) is 0.892. The molecule has 0 heterocycles. The van der Waals surface area contributed by atoms with E-state index in [1.165, 1.54) is 11.1 Å². The Hall–Kier alpha value is -0.390. The highest BCUT2D eigenvalue weighted by Crippen LogP contribution is 2.31. The third-order valence-corrected chi connectivity index (χ3v) is 5.86. The summed E-state index contributed by atoms with van der Waals surface area (Å²) in [6, 6.07) is 6.67. The Kier molecular flexibility index (Phi) is 5.03. The second-order valence-corrected chi connectivity index (χ2v) is 8.37. The lowest BCUT2D eigenvalue weighted by atomic mass is 9.88. The number of hydrogen-bond donors (Lipinski definition) is 1. The van der Waals surface area contributed by atoms with Crippen LogP contribution in [0, 0.1) is 0 Å². The van der Waals surface area contributed by atoms with Gasteiger partial charge in [0.25, 0.3) is 0 Å². The molecule has 0 saturated carbocycles. The van der Waals surface area contributed by atoms with Gasteiger partial charge in [-0.25, -0.2) is 8.42 Å². The summed E-state index contributed by atoms with van der Waals surface area (Å²) in [7, 11) is -2.88. The van der Waals surface area contributed by atoms with E-state index < -0.39 is 9.84 Å². The van der Waals surface area contributed by atoms with E-state index in [9.17, 15) is 8.42 Å². The Morgan fingerprint density at radius 2 is 2.21 bits per heavy atom. The van der Waals surface area contributed by atoms with Gasteiger partial charge in [-0.3, -0.25) is 0 Å². The number of benzene rings is 1. The Balaban J connectivity index is 2.02. The number of sulfone groups is 1. The molecule has 0 saturated heterocycles. The lowest BCUT2D eigenvalue weighted by Crippen LogP contribution is -2.30. The number of fused-ring (bicyclic) bond motifs is 1. The van der Waals surface area contributed by atoms with Crippen LogP contribution >= 0.6 is 15.9 Å². The zero-order chi connectivity index (χ0) is 13.9. The minimum Gasteiger partial charge on any atom is -0.309 e. The fourth-order valence-corrected chi connectivity index (χ4v) is 3.61. The number of aryl methyl sites for hydroxylation is 1. The van der Waals surface area contributed by atoms with Gasteiger partial charge in [-0.05, 0) is 42.5 Å². The fraction of sp³-hybridized carbons (Fsp3) is 0.571. The maximum Gasteiger partial charge on any atom is 0.151 e. The molecule has 0 amide bonds. The molecule has 0 unspecified atom stereocenters. The average molecular weight is 346 g/mol. The van der Waals surface area contributed by atoms with E-state index in [0.717, 1.165) is 23.7 Å². The summed E-state index contributed by atoms with van der Waals surface area (Å²) in [6.07, 6.45) is 3.36. The first-order valence-corrected chi connectivity index (χ1v) is 9.35. The van der Waals surface area contributed by atoms with Crippen molar-refractivity contribution >= 4 is 25.8 Å². The maximum absolute atomic E-state index is 11.5. The van der Waals surface area contributed by atoms with E-state index in [1.807, 2.05) is 0 Å². The van der Waals surface area contributed by atoms with Crippen molar-refractivity contribution in [2.24, 2.45) is 0 Å². The van der Waals surface area contributed by atoms with Crippen LogP contribution in [0.1, 0.15) is 36.9 Å². The Bertz CT molecular complexity index is 542. The summed E-state index contributed by atoms with van der Waals surface area (Å²) < 4.78 is 24.1. The molecule has 1 aliphatic carbocycles. The highest BCUT2D eigenvalue weighted by molar-refractivity contribution is 9.10. The first kappa shape index (κ1) is 15.0. The third-order valence-electron chi connectivity index (χ3n) is 3.67. The van der Waals surface area contributed by atoms with Crippen LogP contribution < -0.4 is 5.32 Å². The van der Waals surface area contributed by atoms with Gasteiger partial charge in [-0.15, -0.1) is 0 Å². The second kappa shape index (κ2) is 6.37. The minimum atomic E-state index is -2.88. The molecule has 0 aromatic heterocycles. The number of nitrogens with one attached hydrogen (secondary N) is 1. The lowest BCUT2D eigenvalue weighted by molar-refractivity contribution is 0.470. The van der Waals surface area contributed by atoms with E-state index in [2.05, 4.69) is 39.4 Å². The van der Waals surface area contributed by atoms with Crippen molar-refractivity contribution in [1.82, 2.24) is 5.32 Å². The van der Waals surface area contributed by atoms with Crippen LogP contribution in [-0.4, -0.2) is 26.5 Å². The van der Waals surface area contributed by atoms with E-state index in [1.54, 1.807) is 6.92 Å². The van der Waals surface area contributed by atoms with Gasteiger partial charge >= 0.3 is 0 Å². The standard InChI is InChI=1S/C14H20BrNO2S/c1-2-19(17,18)9-8-16-14-5-3-4-11-6-7-12(15)10-13(11)14/h6-7,10,14,16H,2-5,8-9H2,1H3/t14-/m0/s1. The first-order chi connectivity index (χ1) is 9.02. The van der Waals surface area contributed by atoms with Gasteiger partial charge in [0.15, 0.2) is 9.84 Å². The number of hydrogen-bond acceptors (Lipinski definition) is 3. The summed E-state index contributed by atoms with van der Waals surface area (Å²) in [5, 5.41) is 3.40. The van der Waals surface area contributed by atoms with Gasteiger partial charge in [0, 0.05) is 22.8 Å². The largest absolute Gasteiger partial charge is 0.309 e. The van der Waals surface area contributed by atoms with Gasteiger partial charge < -0.3 is 5.32 Å². The summed E-state index contributed by atoms with van der Waals surface area (Å²) in [6.45, 7) is 2.23. The van der Waals surface area contributed by atoms with Crippen molar-refractivity contribution < 1.29 is 8.42 Å². The molecule has 106 valence electrons. The average Bonchev–Trinajstić information content (AvgIpc) is 2.39. The summed E-state index contributed by atoms with van der Waals surface area (Å²) >= 11 is 3.51. The first-order valence-electron chi connectivity index (χ1n) is 6.74. The second-order valence-electron chi connectivity index (χ2n) is 4.98. The van der Waals surface area contributed by atoms with Crippen molar-refractivity contribution in [2.45, 2.75) is 32.2 Å². The van der Waals surface area contributed by atoms with Gasteiger partial charge in [0.2, 0.25) is 0 Å². The van der Waals surface area contributed by atoms with Crippen LogP contribution in [0.5, 0.6) is 0 Å². The Morgan fingerprint density at radius 3 is 2.95 bits per heavy atom. The molecular formula is C14H20BrNO2S. The molecule has 1 N–H and O–H groups in total. The lowest BCUT2D eigenvalue weighted by Gasteiger charge is -2.26. The molecule has 0 spiro atoms. The van der Waals surface area contributed by atoms with E-state index in [-0.39, 0.29) is 17.5 Å². The maximum atomic E-state index is 11.5. The monoisotopic (exact) mass is 345 g/mol. The molecular weight excluding hydrogens is 326 g/mol. The molecule has 5 heteroatoms. The van der Waals surface area contributed by atoms with E-state index in [0.29, 0.717) is 6.54 Å². The van der Waals surface area contributed by atoms with Crippen molar-refractivity contribution in [3.63, 3.8) is 0 Å². The van der Waals surface area contributed by atoms with E-state index >= 15 is 0 Å². The van der Waals surface area contributed by atoms with Gasteiger partial charge in [0.1, 0.15) is 0 Å². The highest BCUT2D eigenvalue weighted by Gasteiger charge is 2.20. The third kappa shape index (κ3) is 4.04. The molecule has 0 radical (unpaired) electrons. The van der Waals surface area contributed by atoms with Crippen molar-refractivity contribution in [2.75, 3.05) is 18.1 Å². The molecule has 0 bridgehead atoms.